The van der Waals surface area contributed by atoms with Crippen LogP contribution in [0.5, 0.6) is 0 Å². The molecule has 0 aliphatic rings. The first-order chi connectivity index (χ1) is 13.4. The van der Waals surface area contributed by atoms with Crippen molar-refractivity contribution in [2.24, 2.45) is 0 Å². The molecule has 3 rings (SSSR count). The van der Waals surface area contributed by atoms with Gasteiger partial charge in [-0.1, -0.05) is 60.4 Å². The van der Waals surface area contributed by atoms with Crippen LogP contribution in [0.3, 0.4) is 0 Å². The van der Waals surface area contributed by atoms with Crippen molar-refractivity contribution in [3.05, 3.63) is 77.9 Å². The van der Waals surface area contributed by atoms with Crippen LogP contribution in [-0.2, 0) is 10.2 Å². The number of halogens is 1. The summed E-state index contributed by atoms with van der Waals surface area (Å²) in [5.41, 5.74) is 1.95. The fourth-order valence-electron chi connectivity index (χ4n) is 3.18. The molecule has 0 heterocycles. The molecule has 0 fully saturated rings. The van der Waals surface area contributed by atoms with Crippen LogP contribution in [0.2, 0.25) is 0 Å². The number of anilines is 1. The van der Waals surface area contributed by atoms with E-state index in [0.717, 1.165) is 17.7 Å². The lowest BCUT2D eigenvalue weighted by Gasteiger charge is -2.22. The number of hydrogen-bond donors (Lipinski definition) is 1. The first kappa shape index (κ1) is 22.3. The lowest BCUT2D eigenvalue weighted by Crippen LogP contribution is -2.28. The maximum atomic E-state index is 11.4. The Kier molecular flexibility index (Phi) is 7.31. The first-order valence-electron chi connectivity index (χ1n) is 9.49. The van der Waals surface area contributed by atoms with E-state index in [-0.39, 0.29) is 12.4 Å². The normalized spacial score (nSPS) is 10.6. The molecular formula is C25H26ClNO2. The minimum absolute atomic E-state index is 0. The zero-order chi connectivity index (χ0) is 20.1. The topological polar surface area (TPSA) is 40.5 Å². The third-order valence-electron chi connectivity index (χ3n) is 5.13. The van der Waals surface area contributed by atoms with Gasteiger partial charge in [-0.05, 0) is 49.9 Å². The van der Waals surface area contributed by atoms with Crippen molar-refractivity contribution in [2.75, 3.05) is 18.0 Å². The number of aliphatic carboxylic acids is 1. The van der Waals surface area contributed by atoms with E-state index in [2.05, 4.69) is 66.1 Å². The Labute approximate surface area is 178 Å². The van der Waals surface area contributed by atoms with Crippen LogP contribution in [0.1, 0.15) is 31.9 Å². The molecule has 29 heavy (non-hydrogen) atoms. The van der Waals surface area contributed by atoms with Gasteiger partial charge in [-0.2, -0.15) is 0 Å². The van der Waals surface area contributed by atoms with E-state index in [1.54, 1.807) is 13.8 Å². The molecule has 0 aliphatic heterocycles. The van der Waals surface area contributed by atoms with Gasteiger partial charge in [0, 0.05) is 23.2 Å². The standard InChI is InChI=1S/C25H25NO2.ClH/c1-4-26(23-13-7-11-20-10-5-6-12-22(20)23)18-8-9-19-14-16-21(17-15-19)25(2,3)24(27)28;/h5-7,10-17H,4,18H2,1-3H3,(H,27,28);1H. The predicted molar refractivity (Wildman–Crippen MR) is 123 cm³/mol. The lowest BCUT2D eigenvalue weighted by molar-refractivity contribution is -0.142. The number of carboxylic acids is 1. The Morgan fingerprint density at radius 3 is 2.31 bits per heavy atom. The van der Waals surface area contributed by atoms with Crippen molar-refractivity contribution in [2.45, 2.75) is 26.2 Å². The molecule has 0 bridgehead atoms. The van der Waals surface area contributed by atoms with Gasteiger partial charge in [-0.3, -0.25) is 4.79 Å². The summed E-state index contributed by atoms with van der Waals surface area (Å²) in [5.74, 6) is 5.62. The summed E-state index contributed by atoms with van der Waals surface area (Å²) < 4.78 is 0. The van der Waals surface area contributed by atoms with Crippen molar-refractivity contribution in [3.8, 4) is 11.8 Å². The van der Waals surface area contributed by atoms with Gasteiger partial charge in [0.2, 0.25) is 0 Å². The second-order valence-corrected chi connectivity index (χ2v) is 7.32. The summed E-state index contributed by atoms with van der Waals surface area (Å²) in [7, 11) is 0. The zero-order valence-electron chi connectivity index (χ0n) is 17.0. The van der Waals surface area contributed by atoms with Crippen LogP contribution in [0.25, 0.3) is 10.8 Å². The average molecular weight is 408 g/mol. The van der Waals surface area contributed by atoms with E-state index >= 15 is 0 Å². The lowest BCUT2D eigenvalue weighted by atomic mass is 9.84. The molecule has 3 nitrogen and oxygen atoms in total. The molecule has 0 saturated heterocycles. The fourth-order valence-corrected chi connectivity index (χ4v) is 3.18. The fraction of sp³-hybridized carbons (Fsp3) is 0.240. The number of benzene rings is 3. The molecule has 0 saturated carbocycles. The highest BCUT2D eigenvalue weighted by molar-refractivity contribution is 5.94. The van der Waals surface area contributed by atoms with Gasteiger partial charge >= 0.3 is 5.97 Å². The molecule has 0 amide bonds. The molecule has 4 heteroatoms. The Balaban J connectivity index is 0.00000300. The predicted octanol–water partition coefficient (Wildman–Crippen LogP) is 5.50. The number of carboxylic acid groups (broad SMARTS) is 1. The minimum Gasteiger partial charge on any atom is -0.481 e. The first-order valence-corrected chi connectivity index (χ1v) is 9.49. The SMILES string of the molecule is CCN(CC#Cc1ccc(C(C)(C)C(=O)O)cc1)c1cccc2ccccc12.Cl. The molecule has 0 atom stereocenters. The number of rotatable bonds is 5. The molecular weight excluding hydrogens is 382 g/mol. The van der Waals surface area contributed by atoms with Crippen LogP contribution < -0.4 is 4.90 Å². The molecule has 0 radical (unpaired) electrons. The van der Waals surface area contributed by atoms with Gasteiger partial charge in [0.15, 0.2) is 0 Å². The van der Waals surface area contributed by atoms with E-state index in [0.29, 0.717) is 6.54 Å². The molecule has 0 aliphatic carbocycles. The Morgan fingerprint density at radius 2 is 1.66 bits per heavy atom. The molecule has 0 spiro atoms. The van der Waals surface area contributed by atoms with E-state index in [1.165, 1.54) is 16.5 Å². The number of hydrogen-bond acceptors (Lipinski definition) is 2. The molecule has 150 valence electrons. The molecule has 3 aromatic carbocycles. The Morgan fingerprint density at radius 1 is 1.00 bits per heavy atom. The second kappa shape index (κ2) is 9.49. The van der Waals surface area contributed by atoms with Crippen molar-refractivity contribution >= 4 is 34.8 Å². The van der Waals surface area contributed by atoms with Crippen molar-refractivity contribution in [3.63, 3.8) is 0 Å². The largest absolute Gasteiger partial charge is 0.481 e. The minimum atomic E-state index is -0.903. The average Bonchev–Trinajstić information content (AvgIpc) is 2.71. The van der Waals surface area contributed by atoms with Crippen LogP contribution in [-0.4, -0.2) is 24.2 Å². The van der Waals surface area contributed by atoms with Crippen LogP contribution in [0.4, 0.5) is 5.69 Å². The van der Waals surface area contributed by atoms with Gasteiger partial charge in [-0.15, -0.1) is 12.4 Å². The highest BCUT2D eigenvalue weighted by Gasteiger charge is 2.28. The van der Waals surface area contributed by atoms with Gasteiger partial charge < -0.3 is 10.0 Å². The summed E-state index contributed by atoms with van der Waals surface area (Å²) in [6.45, 7) is 7.05. The summed E-state index contributed by atoms with van der Waals surface area (Å²) >= 11 is 0. The van der Waals surface area contributed by atoms with Crippen LogP contribution in [0.15, 0.2) is 66.7 Å². The Bertz CT molecular complexity index is 1040. The molecule has 3 aromatic rings. The number of nitrogens with zero attached hydrogens (tertiary/aromatic N) is 1. The Hall–Kier alpha value is -2.96. The maximum Gasteiger partial charge on any atom is 0.313 e. The van der Waals surface area contributed by atoms with E-state index in [4.69, 9.17) is 0 Å². The summed E-state index contributed by atoms with van der Waals surface area (Å²) in [6.07, 6.45) is 0. The van der Waals surface area contributed by atoms with Crippen molar-refractivity contribution in [1.82, 2.24) is 0 Å². The smallest absolute Gasteiger partial charge is 0.313 e. The van der Waals surface area contributed by atoms with Gasteiger partial charge in [0.1, 0.15) is 0 Å². The number of carbonyl (C=O) groups is 1. The van der Waals surface area contributed by atoms with E-state index < -0.39 is 11.4 Å². The monoisotopic (exact) mass is 407 g/mol. The van der Waals surface area contributed by atoms with E-state index in [9.17, 15) is 9.90 Å². The second-order valence-electron chi connectivity index (χ2n) is 7.32. The molecule has 1 N–H and O–H groups in total. The maximum absolute atomic E-state index is 11.4. The van der Waals surface area contributed by atoms with Crippen molar-refractivity contribution in [1.29, 1.82) is 0 Å². The summed E-state index contributed by atoms with van der Waals surface area (Å²) in [6, 6.07) is 22.2. The third kappa shape index (κ3) is 4.91. The van der Waals surface area contributed by atoms with Crippen molar-refractivity contribution < 1.29 is 9.90 Å². The molecule has 0 unspecified atom stereocenters. The van der Waals surface area contributed by atoms with Crippen LogP contribution >= 0.6 is 12.4 Å². The number of fused-ring (bicyclic) bond motifs is 1. The van der Waals surface area contributed by atoms with E-state index in [1.807, 2.05) is 24.3 Å². The van der Waals surface area contributed by atoms with Gasteiger partial charge in [0.25, 0.3) is 0 Å². The molecule has 0 aromatic heterocycles. The third-order valence-corrected chi connectivity index (χ3v) is 5.13. The van der Waals surface area contributed by atoms with Gasteiger partial charge in [0.05, 0.1) is 12.0 Å². The quantitative estimate of drug-likeness (QED) is 0.567. The van der Waals surface area contributed by atoms with Gasteiger partial charge in [-0.25, -0.2) is 0 Å². The van der Waals surface area contributed by atoms with Crippen LogP contribution in [0, 0.1) is 11.8 Å². The summed E-state index contributed by atoms with van der Waals surface area (Å²) in [5, 5.41) is 11.8. The zero-order valence-corrected chi connectivity index (χ0v) is 17.8. The highest BCUT2D eigenvalue weighted by Crippen LogP contribution is 2.26. The summed E-state index contributed by atoms with van der Waals surface area (Å²) in [4.78, 5) is 13.6. The highest BCUT2D eigenvalue weighted by atomic mass is 35.5.